The summed E-state index contributed by atoms with van der Waals surface area (Å²) in [4.78, 5) is 14.9. The van der Waals surface area contributed by atoms with E-state index >= 15 is 0 Å². The SMILES string of the molecule is COc1ccc(NC(=O)NC[C@H]2C[C@@H]3CCN2C[C@H]3c2cc(-c3ccc(F)cc3)nn2C)cc1. The number of benzene rings is 2. The van der Waals surface area contributed by atoms with Crippen molar-refractivity contribution in [3.05, 3.63) is 66.1 Å². The highest BCUT2D eigenvalue weighted by atomic mass is 19.1. The summed E-state index contributed by atoms with van der Waals surface area (Å²) in [6.45, 7) is 2.63. The Bertz CT molecular complexity index is 1150. The summed E-state index contributed by atoms with van der Waals surface area (Å²) in [5, 5.41) is 10.6. The molecule has 8 heteroatoms. The Kier molecular flexibility index (Phi) is 6.24. The number of hydrogen-bond donors (Lipinski definition) is 2. The van der Waals surface area contributed by atoms with Crippen molar-refractivity contribution in [3.8, 4) is 17.0 Å². The number of ether oxygens (including phenoxy) is 1. The highest BCUT2D eigenvalue weighted by Gasteiger charge is 2.41. The van der Waals surface area contributed by atoms with Gasteiger partial charge in [-0.05, 0) is 79.9 Å². The Morgan fingerprint density at radius 1 is 1.18 bits per heavy atom. The number of piperidine rings is 3. The molecule has 0 spiro atoms. The number of amides is 2. The maximum absolute atomic E-state index is 13.3. The van der Waals surface area contributed by atoms with Gasteiger partial charge in [-0.25, -0.2) is 9.18 Å². The second-order valence-electron chi connectivity index (χ2n) is 9.19. The lowest BCUT2D eigenvalue weighted by Crippen LogP contribution is -2.56. The van der Waals surface area contributed by atoms with Crippen LogP contribution in [0.2, 0.25) is 0 Å². The minimum Gasteiger partial charge on any atom is -0.497 e. The molecule has 34 heavy (non-hydrogen) atoms. The quantitative estimate of drug-likeness (QED) is 0.574. The number of nitrogens with one attached hydrogen (secondary N) is 2. The molecule has 178 valence electrons. The molecule has 2 N–H and O–H groups in total. The van der Waals surface area contributed by atoms with Gasteiger partial charge in [-0.1, -0.05) is 0 Å². The van der Waals surface area contributed by atoms with Crippen LogP contribution in [0.15, 0.2) is 54.6 Å². The molecule has 2 aromatic carbocycles. The van der Waals surface area contributed by atoms with Crippen LogP contribution in [-0.2, 0) is 7.05 Å². The molecule has 1 aromatic heterocycles. The maximum Gasteiger partial charge on any atom is 0.319 e. The summed E-state index contributed by atoms with van der Waals surface area (Å²) in [7, 11) is 3.61. The minimum absolute atomic E-state index is 0.195. The van der Waals surface area contributed by atoms with Gasteiger partial charge in [-0.15, -0.1) is 0 Å². The van der Waals surface area contributed by atoms with Gasteiger partial charge in [0.25, 0.3) is 0 Å². The van der Waals surface area contributed by atoms with Crippen LogP contribution in [0.4, 0.5) is 14.9 Å². The van der Waals surface area contributed by atoms with Crippen molar-refractivity contribution in [2.24, 2.45) is 13.0 Å². The maximum atomic E-state index is 13.3. The molecule has 3 aliphatic rings. The number of carbonyl (C=O) groups excluding carboxylic acids is 1. The summed E-state index contributed by atoms with van der Waals surface area (Å²) in [6, 6.07) is 16.1. The highest BCUT2D eigenvalue weighted by molar-refractivity contribution is 5.89. The Labute approximate surface area is 198 Å². The summed E-state index contributed by atoms with van der Waals surface area (Å²) in [5.41, 5.74) is 3.76. The normalized spacial score (nSPS) is 23.5. The first-order valence-corrected chi connectivity index (χ1v) is 11.7. The first kappa shape index (κ1) is 22.4. The molecule has 2 amide bonds. The number of fused-ring (bicyclic) bond motifs is 3. The largest absolute Gasteiger partial charge is 0.497 e. The van der Waals surface area contributed by atoms with Crippen molar-refractivity contribution < 1.29 is 13.9 Å². The van der Waals surface area contributed by atoms with E-state index in [4.69, 9.17) is 9.84 Å². The molecule has 3 fully saturated rings. The third kappa shape index (κ3) is 4.63. The van der Waals surface area contributed by atoms with Crippen LogP contribution in [-0.4, -0.2) is 53.5 Å². The highest BCUT2D eigenvalue weighted by Crippen LogP contribution is 2.42. The molecule has 7 nitrogen and oxygen atoms in total. The molecule has 0 radical (unpaired) electrons. The minimum atomic E-state index is -0.241. The van der Waals surface area contributed by atoms with Crippen molar-refractivity contribution in [2.75, 3.05) is 32.1 Å². The predicted octanol–water partition coefficient (Wildman–Crippen LogP) is 4.23. The van der Waals surface area contributed by atoms with E-state index in [2.05, 4.69) is 21.6 Å². The standard InChI is InChI=1S/C26H30FN5O2/c1-31-25(14-24(30-31)17-3-5-19(27)6-4-17)23-16-32-12-11-18(23)13-21(32)15-28-26(33)29-20-7-9-22(34-2)10-8-20/h3-10,14,18,21,23H,11-13,15-16H2,1-2H3,(H2,28,29,33)/t18-,21+,23+/m0/s1. The summed E-state index contributed by atoms with van der Waals surface area (Å²) < 4.78 is 20.4. The predicted molar refractivity (Wildman–Crippen MR) is 129 cm³/mol. The van der Waals surface area contributed by atoms with Crippen LogP contribution in [0, 0.1) is 11.7 Å². The van der Waals surface area contributed by atoms with Crippen LogP contribution in [0.3, 0.4) is 0 Å². The molecule has 0 saturated carbocycles. The van der Waals surface area contributed by atoms with Crippen LogP contribution >= 0.6 is 0 Å². The van der Waals surface area contributed by atoms with E-state index in [1.54, 1.807) is 19.2 Å². The molecule has 0 aliphatic carbocycles. The molecule has 4 heterocycles. The van der Waals surface area contributed by atoms with Crippen molar-refractivity contribution in [3.63, 3.8) is 0 Å². The third-order valence-corrected chi connectivity index (χ3v) is 7.16. The number of anilines is 1. The van der Waals surface area contributed by atoms with Crippen molar-refractivity contribution in [1.29, 1.82) is 0 Å². The molecule has 1 unspecified atom stereocenters. The van der Waals surface area contributed by atoms with E-state index in [-0.39, 0.29) is 11.8 Å². The molecule has 2 bridgehead atoms. The molecule has 3 aliphatic heterocycles. The molecule has 4 atom stereocenters. The monoisotopic (exact) mass is 463 g/mol. The molecular weight excluding hydrogens is 433 g/mol. The Morgan fingerprint density at radius 3 is 2.62 bits per heavy atom. The smallest absolute Gasteiger partial charge is 0.319 e. The van der Waals surface area contributed by atoms with Gasteiger partial charge < -0.3 is 15.4 Å². The van der Waals surface area contributed by atoms with Crippen molar-refractivity contribution >= 4 is 11.7 Å². The molecule has 6 rings (SSSR count). The number of aryl methyl sites for hydroxylation is 1. The number of methoxy groups -OCH3 is 1. The van der Waals surface area contributed by atoms with Gasteiger partial charge in [-0.2, -0.15) is 5.10 Å². The first-order valence-electron chi connectivity index (χ1n) is 11.7. The lowest BCUT2D eigenvalue weighted by Gasteiger charge is -2.49. The fraction of sp³-hybridized carbons (Fsp3) is 0.385. The first-order chi connectivity index (χ1) is 16.5. The zero-order valence-electron chi connectivity index (χ0n) is 19.5. The Hall–Kier alpha value is -3.39. The zero-order chi connectivity index (χ0) is 23.7. The van der Waals surface area contributed by atoms with E-state index in [1.807, 2.05) is 36.0 Å². The Morgan fingerprint density at radius 2 is 1.94 bits per heavy atom. The molecule has 3 saturated heterocycles. The number of nitrogens with zero attached hydrogens (tertiary/aromatic N) is 3. The number of hydrogen-bond acceptors (Lipinski definition) is 4. The van der Waals surface area contributed by atoms with Gasteiger partial charge in [0, 0.05) is 49.0 Å². The van der Waals surface area contributed by atoms with Crippen LogP contribution in [0.5, 0.6) is 5.75 Å². The number of rotatable bonds is 6. The fourth-order valence-corrected chi connectivity index (χ4v) is 5.34. The lowest BCUT2D eigenvalue weighted by molar-refractivity contribution is 0.0296. The second-order valence-corrected chi connectivity index (χ2v) is 9.19. The summed E-state index contributed by atoms with van der Waals surface area (Å²) >= 11 is 0. The Balaban J connectivity index is 1.19. The van der Waals surface area contributed by atoms with E-state index in [1.165, 1.54) is 17.8 Å². The number of carbonyl (C=O) groups is 1. The number of halogens is 1. The third-order valence-electron chi connectivity index (χ3n) is 7.16. The van der Waals surface area contributed by atoms with E-state index in [0.717, 1.165) is 48.6 Å². The van der Waals surface area contributed by atoms with Gasteiger partial charge in [0.2, 0.25) is 0 Å². The molecule has 3 aromatic rings. The average Bonchev–Trinajstić information content (AvgIpc) is 3.25. The van der Waals surface area contributed by atoms with Crippen molar-refractivity contribution in [2.45, 2.75) is 24.8 Å². The van der Waals surface area contributed by atoms with Crippen molar-refractivity contribution in [1.82, 2.24) is 20.0 Å². The summed E-state index contributed by atoms with van der Waals surface area (Å²) in [6.07, 6.45) is 2.20. The zero-order valence-corrected chi connectivity index (χ0v) is 19.5. The van der Waals surface area contributed by atoms with Gasteiger partial charge in [0.1, 0.15) is 11.6 Å². The number of aromatic nitrogens is 2. The second kappa shape index (κ2) is 9.46. The van der Waals surface area contributed by atoms with E-state index < -0.39 is 0 Å². The summed E-state index contributed by atoms with van der Waals surface area (Å²) in [5.74, 6) is 1.47. The fourth-order valence-electron chi connectivity index (χ4n) is 5.34. The number of urea groups is 1. The van der Waals surface area contributed by atoms with E-state index in [9.17, 15) is 9.18 Å². The van der Waals surface area contributed by atoms with Crippen LogP contribution in [0.1, 0.15) is 24.5 Å². The molecular formula is C26H30FN5O2. The lowest BCUT2D eigenvalue weighted by atomic mass is 9.74. The topological polar surface area (TPSA) is 71.4 Å². The van der Waals surface area contributed by atoms with Gasteiger partial charge >= 0.3 is 6.03 Å². The van der Waals surface area contributed by atoms with E-state index in [0.29, 0.717) is 24.4 Å². The van der Waals surface area contributed by atoms with Gasteiger partial charge in [0.15, 0.2) is 0 Å². The van der Waals surface area contributed by atoms with Gasteiger partial charge in [-0.3, -0.25) is 9.58 Å². The average molecular weight is 464 g/mol. The van der Waals surface area contributed by atoms with Crippen LogP contribution in [0.25, 0.3) is 11.3 Å². The van der Waals surface area contributed by atoms with Crippen LogP contribution < -0.4 is 15.4 Å². The van der Waals surface area contributed by atoms with Gasteiger partial charge in [0.05, 0.1) is 12.8 Å².